The van der Waals surface area contributed by atoms with Crippen molar-refractivity contribution in [3.63, 3.8) is 0 Å². The Morgan fingerprint density at radius 2 is 1.47 bits per heavy atom. The zero-order chi connectivity index (χ0) is 23.1. The zero-order valence-corrected chi connectivity index (χ0v) is 20.4. The van der Waals surface area contributed by atoms with E-state index in [1.807, 2.05) is 25.1 Å². The van der Waals surface area contributed by atoms with Crippen molar-refractivity contribution in [3.05, 3.63) is 71.8 Å². The van der Waals surface area contributed by atoms with Crippen molar-refractivity contribution in [1.82, 2.24) is 0 Å². The minimum absolute atomic E-state index is 0.320. The minimum Gasteiger partial charge on any atom is -0.497 e. The zero-order valence-electron chi connectivity index (χ0n) is 20.4. The average molecular weight is 435 g/mol. The highest BCUT2D eigenvalue weighted by atomic mass is 16.7. The van der Waals surface area contributed by atoms with Crippen LogP contribution >= 0.6 is 0 Å². The Kier molecular flexibility index (Phi) is 8.58. The first-order valence-corrected chi connectivity index (χ1v) is 11.8. The van der Waals surface area contributed by atoms with E-state index >= 15 is 0 Å². The summed E-state index contributed by atoms with van der Waals surface area (Å²) in [6.45, 7) is 11.8. The highest BCUT2D eigenvalue weighted by molar-refractivity contribution is 5.91. The van der Waals surface area contributed by atoms with Gasteiger partial charge in [-0.2, -0.15) is 0 Å². The fraction of sp³-hybridized carbons (Fsp3) is 0.448. The molecule has 3 aromatic rings. The van der Waals surface area contributed by atoms with Gasteiger partial charge in [0.1, 0.15) is 11.5 Å². The van der Waals surface area contributed by atoms with Gasteiger partial charge in [-0.3, -0.25) is 0 Å². The van der Waals surface area contributed by atoms with Crippen molar-refractivity contribution >= 4 is 10.8 Å². The molecule has 0 amide bonds. The van der Waals surface area contributed by atoms with Crippen LogP contribution in [0.25, 0.3) is 10.8 Å². The van der Waals surface area contributed by atoms with Crippen LogP contribution in [-0.2, 0) is 11.2 Å². The number of fused-ring (bicyclic) bond motifs is 1. The van der Waals surface area contributed by atoms with Crippen molar-refractivity contribution in [1.29, 1.82) is 0 Å². The second kappa shape index (κ2) is 11.4. The van der Waals surface area contributed by atoms with Crippen molar-refractivity contribution in [2.45, 2.75) is 59.7 Å². The first-order valence-electron chi connectivity index (χ1n) is 11.8. The number of hydrogen-bond donors (Lipinski definition) is 0. The van der Waals surface area contributed by atoms with E-state index in [1.165, 1.54) is 22.9 Å². The first kappa shape index (κ1) is 24.1. The number of ether oxygens (including phenoxy) is 3. The Morgan fingerprint density at radius 1 is 0.781 bits per heavy atom. The van der Waals surface area contributed by atoms with E-state index in [0.717, 1.165) is 23.3 Å². The predicted molar refractivity (Wildman–Crippen MR) is 134 cm³/mol. The Balaban J connectivity index is 1.70. The number of hydrogen-bond acceptors (Lipinski definition) is 3. The molecule has 0 aliphatic rings. The summed E-state index contributed by atoms with van der Waals surface area (Å²) in [4.78, 5) is 0. The predicted octanol–water partition coefficient (Wildman–Crippen LogP) is 7.62. The van der Waals surface area contributed by atoms with Gasteiger partial charge in [0.15, 0.2) is 6.29 Å². The number of methoxy groups -OCH3 is 1. The van der Waals surface area contributed by atoms with E-state index in [-0.39, 0.29) is 6.29 Å². The van der Waals surface area contributed by atoms with Gasteiger partial charge >= 0.3 is 0 Å². The van der Waals surface area contributed by atoms with E-state index in [1.54, 1.807) is 7.11 Å². The highest BCUT2D eigenvalue weighted by Gasteiger charge is 2.20. The van der Waals surface area contributed by atoms with Crippen LogP contribution < -0.4 is 9.47 Å². The lowest BCUT2D eigenvalue weighted by Crippen LogP contribution is -2.18. The lowest BCUT2D eigenvalue weighted by atomic mass is 9.80. The van der Waals surface area contributed by atoms with Gasteiger partial charge in [0.05, 0.1) is 13.7 Å². The lowest BCUT2D eigenvalue weighted by molar-refractivity contribution is -0.0646. The molecule has 0 saturated heterocycles. The van der Waals surface area contributed by atoms with Crippen molar-refractivity contribution in [2.24, 2.45) is 11.8 Å². The summed E-state index contributed by atoms with van der Waals surface area (Å²) in [6.07, 6.45) is 1.70. The number of rotatable bonds is 11. The molecule has 32 heavy (non-hydrogen) atoms. The van der Waals surface area contributed by atoms with Gasteiger partial charge in [-0.25, -0.2) is 0 Å². The molecule has 0 spiro atoms. The van der Waals surface area contributed by atoms with Crippen molar-refractivity contribution < 1.29 is 14.2 Å². The maximum atomic E-state index is 6.24. The van der Waals surface area contributed by atoms with Crippen LogP contribution in [0.5, 0.6) is 11.5 Å². The molecule has 0 heterocycles. The van der Waals surface area contributed by atoms with Crippen LogP contribution in [0.3, 0.4) is 0 Å². The topological polar surface area (TPSA) is 27.7 Å². The summed E-state index contributed by atoms with van der Waals surface area (Å²) in [7, 11) is 1.68. The summed E-state index contributed by atoms with van der Waals surface area (Å²) < 4.78 is 17.4. The molecule has 0 N–H and O–H groups in total. The fourth-order valence-electron chi connectivity index (χ4n) is 4.35. The third-order valence-corrected chi connectivity index (χ3v) is 6.04. The monoisotopic (exact) mass is 434 g/mol. The Morgan fingerprint density at radius 3 is 2.12 bits per heavy atom. The highest BCUT2D eigenvalue weighted by Crippen LogP contribution is 2.38. The molecular formula is C29H38O3. The average Bonchev–Trinajstić information content (AvgIpc) is 2.77. The SMILES string of the molecule is COc1ccc(CCOC(C)Oc2cccc3c(C(CC(C)C)C(C)C)cccc23)cc1. The molecule has 0 aliphatic carbocycles. The molecule has 3 heteroatoms. The third-order valence-electron chi connectivity index (χ3n) is 6.04. The van der Waals surface area contributed by atoms with Crippen LogP contribution in [0.1, 0.15) is 58.1 Å². The number of benzene rings is 3. The second-order valence-electron chi connectivity index (χ2n) is 9.33. The molecule has 0 bridgehead atoms. The summed E-state index contributed by atoms with van der Waals surface area (Å²) in [6, 6.07) is 21.1. The maximum absolute atomic E-state index is 6.24. The van der Waals surface area contributed by atoms with Crippen molar-refractivity contribution in [3.8, 4) is 11.5 Å². The van der Waals surface area contributed by atoms with Gasteiger partial charge in [0, 0.05) is 5.39 Å². The molecule has 2 atom stereocenters. The van der Waals surface area contributed by atoms with Gasteiger partial charge < -0.3 is 14.2 Å². The normalized spacial score (nSPS) is 13.5. The minimum atomic E-state index is -0.320. The van der Waals surface area contributed by atoms with Crippen LogP contribution in [0, 0.1) is 11.8 Å². The van der Waals surface area contributed by atoms with E-state index < -0.39 is 0 Å². The standard InChI is InChI=1S/C29H38O3/c1-20(2)19-28(21(3)4)26-9-7-11-27-25(26)10-8-12-29(27)32-22(5)31-18-17-23-13-15-24(30-6)16-14-23/h7-16,20-22,28H,17-19H2,1-6H3. The van der Waals surface area contributed by atoms with Crippen LogP contribution in [0.15, 0.2) is 60.7 Å². The maximum Gasteiger partial charge on any atom is 0.197 e. The molecule has 3 nitrogen and oxygen atoms in total. The molecule has 172 valence electrons. The van der Waals surface area contributed by atoms with Gasteiger partial charge in [0.25, 0.3) is 0 Å². The molecule has 3 aromatic carbocycles. The smallest absolute Gasteiger partial charge is 0.197 e. The van der Waals surface area contributed by atoms with Crippen molar-refractivity contribution in [2.75, 3.05) is 13.7 Å². The molecule has 3 rings (SSSR count). The molecule has 0 radical (unpaired) electrons. The summed E-state index contributed by atoms with van der Waals surface area (Å²) >= 11 is 0. The van der Waals surface area contributed by atoms with E-state index in [4.69, 9.17) is 14.2 Å². The fourth-order valence-corrected chi connectivity index (χ4v) is 4.35. The molecule has 0 aromatic heterocycles. The van der Waals surface area contributed by atoms with Crippen LogP contribution in [0.2, 0.25) is 0 Å². The lowest BCUT2D eigenvalue weighted by Gasteiger charge is -2.25. The van der Waals surface area contributed by atoms with E-state index in [9.17, 15) is 0 Å². The van der Waals surface area contributed by atoms with E-state index in [2.05, 4.69) is 70.2 Å². The van der Waals surface area contributed by atoms with Crippen LogP contribution in [0.4, 0.5) is 0 Å². The Bertz CT molecular complexity index is 975. The quantitative estimate of drug-likeness (QED) is 0.291. The van der Waals surface area contributed by atoms with Gasteiger partial charge in [-0.15, -0.1) is 0 Å². The second-order valence-corrected chi connectivity index (χ2v) is 9.33. The molecule has 0 saturated carbocycles. The van der Waals surface area contributed by atoms with Crippen LogP contribution in [-0.4, -0.2) is 20.0 Å². The summed E-state index contributed by atoms with van der Waals surface area (Å²) in [5, 5.41) is 2.44. The van der Waals surface area contributed by atoms with Gasteiger partial charge in [-0.1, -0.05) is 70.2 Å². The first-order chi connectivity index (χ1) is 15.4. The molecule has 0 fully saturated rings. The third kappa shape index (κ3) is 6.26. The summed E-state index contributed by atoms with van der Waals surface area (Å²) in [5.41, 5.74) is 2.64. The van der Waals surface area contributed by atoms with E-state index in [0.29, 0.717) is 24.4 Å². The summed E-state index contributed by atoms with van der Waals surface area (Å²) in [5.74, 6) is 3.54. The molecule has 0 aliphatic heterocycles. The largest absolute Gasteiger partial charge is 0.497 e. The van der Waals surface area contributed by atoms with Gasteiger partial charge in [-0.05, 0) is 72.2 Å². The molecule has 2 unspecified atom stereocenters. The Hall–Kier alpha value is -2.52. The molecular weight excluding hydrogens is 396 g/mol. The Labute approximate surface area is 193 Å². The van der Waals surface area contributed by atoms with Gasteiger partial charge in [0.2, 0.25) is 0 Å².